The van der Waals surface area contributed by atoms with Crippen molar-refractivity contribution in [1.82, 2.24) is 0 Å². The molecule has 0 amide bonds. The summed E-state index contributed by atoms with van der Waals surface area (Å²) < 4.78 is 10.3. The van der Waals surface area contributed by atoms with Crippen LogP contribution in [-0.2, 0) is 21.4 Å². The monoisotopic (exact) mass is 250 g/mol. The zero-order valence-electron chi connectivity index (χ0n) is 11.9. The molecule has 0 spiro atoms. The highest BCUT2D eigenvalue weighted by Crippen LogP contribution is 2.32. The van der Waals surface area contributed by atoms with Gasteiger partial charge in [-0.1, -0.05) is 32.9 Å². The molecule has 0 aliphatic carbocycles. The van der Waals surface area contributed by atoms with Crippen LogP contribution in [0.15, 0.2) is 18.2 Å². The lowest BCUT2D eigenvalue weighted by atomic mass is 9.85. The lowest BCUT2D eigenvalue weighted by molar-refractivity contribution is -0.142. The fourth-order valence-corrected chi connectivity index (χ4v) is 1.84. The zero-order chi connectivity index (χ0) is 13.8. The summed E-state index contributed by atoms with van der Waals surface area (Å²) in [5, 5.41) is 0. The number of esters is 1. The number of rotatable bonds is 4. The van der Waals surface area contributed by atoms with E-state index in [0.717, 1.165) is 16.9 Å². The zero-order valence-corrected chi connectivity index (χ0v) is 11.9. The van der Waals surface area contributed by atoms with Crippen LogP contribution in [-0.4, -0.2) is 19.7 Å². The van der Waals surface area contributed by atoms with Gasteiger partial charge in [0.2, 0.25) is 0 Å². The standard InChI is InChI=1S/C15H22O3/c1-6-18-14(16)10-11-7-8-12(15(2,3)4)13(9-11)17-5/h7-9H,6,10H2,1-5H3. The summed E-state index contributed by atoms with van der Waals surface area (Å²) in [6.45, 7) is 8.62. The van der Waals surface area contributed by atoms with Crippen molar-refractivity contribution < 1.29 is 14.3 Å². The molecule has 0 unspecified atom stereocenters. The van der Waals surface area contributed by atoms with Crippen molar-refractivity contribution in [3.8, 4) is 5.75 Å². The summed E-state index contributed by atoms with van der Waals surface area (Å²) in [4.78, 5) is 11.4. The fraction of sp³-hybridized carbons (Fsp3) is 0.533. The van der Waals surface area contributed by atoms with E-state index in [4.69, 9.17) is 9.47 Å². The molecule has 0 aliphatic heterocycles. The highest BCUT2D eigenvalue weighted by atomic mass is 16.5. The van der Waals surface area contributed by atoms with Crippen molar-refractivity contribution in [1.29, 1.82) is 0 Å². The van der Waals surface area contributed by atoms with Crippen molar-refractivity contribution in [2.75, 3.05) is 13.7 Å². The van der Waals surface area contributed by atoms with E-state index in [2.05, 4.69) is 20.8 Å². The van der Waals surface area contributed by atoms with Gasteiger partial charge >= 0.3 is 5.97 Å². The third-order valence-electron chi connectivity index (χ3n) is 2.73. The first-order chi connectivity index (χ1) is 8.38. The van der Waals surface area contributed by atoms with E-state index in [-0.39, 0.29) is 17.8 Å². The molecule has 18 heavy (non-hydrogen) atoms. The molecule has 100 valence electrons. The second kappa shape index (κ2) is 5.89. The van der Waals surface area contributed by atoms with Gasteiger partial charge in [0.25, 0.3) is 0 Å². The van der Waals surface area contributed by atoms with E-state index in [0.29, 0.717) is 6.61 Å². The third kappa shape index (κ3) is 3.76. The van der Waals surface area contributed by atoms with E-state index >= 15 is 0 Å². The largest absolute Gasteiger partial charge is 0.496 e. The van der Waals surface area contributed by atoms with Gasteiger partial charge < -0.3 is 9.47 Å². The lowest BCUT2D eigenvalue weighted by Crippen LogP contribution is -2.14. The van der Waals surface area contributed by atoms with Crippen LogP contribution in [0.2, 0.25) is 0 Å². The summed E-state index contributed by atoms with van der Waals surface area (Å²) in [7, 11) is 1.65. The third-order valence-corrected chi connectivity index (χ3v) is 2.73. The first kappa shape index (κ1) is 14.6. The minimum absolute atomic E-state index is 0.0216. The maximum Gasteiger partial charge on any atom is 0.310 e. The normalized spacial score (nSPS) is 11.2. The van der Waals surface area contributed by atoms with E-state index in [9.17, 15) is 4.79 Å². The van der Waals surface area contributed by atoms with Crippen LogP contribution < -0.4 is 4.74 Å². The number of benzene rings is 1. The number of hydrogen-bond donors (Lipinski definition) is 0. The summed E-state index contributed by atoms with van der Waals surface area (Å²) >= 11 is 0. The van der Waals surface area contributed by atoms with Crippen LogP contribution in [0.25, 0.3) is 0 Å². The average molecular weight is 250 g/mol. The molecular weight excluding hydrogens is 228 g/mol. The highest BCUT2D eigenvalue weighted by molar-refractivity contribution is 5.72. The molecule has 0 saturated carbocycles. The minimum Gasteiger partial charge on any atom is -0.496 e. The van der Waals surface area contributed by atoms with Crippen molar-refractivity contribution in [2.45, 2.75) is 39.5 Å². The number of methoxy groups -OCH3 is 1. The Hall–Kier alpha value is -1.51. The number of ether oxygens (including phenoxy) is 2. The predicted octanol–water partition coefficient (Wildman–Crippen LogP) is 3.10. The molecule has 1 aromatic rings. The molecular formula is C15H22O3. The average Bonchev–Trinajstić information content (AvgIpc) is 2.27. The quantitative estimate of drug-likeness (QED) is 0.770. The first-order valence-corrected chi connectivity index (χ1v) is 6.21. The molecule has 1 aromatic carbocycles. The predicted molar refractivity (Wildman–Crippen MR) is 72.0 cm³/mol. The highest BCUT2D eigenvalue weighted by Gasteiger charge is 2.19. The maximum absolute atomic E-state index is 11.4. The number of carbonyl (C=O) groups excluding carboxylic acids is 1. The van der Waals surface area contributed by atoms with E-state index < -0.39 is 0 Å². The van der Waals surface area contributed by atoms with Gasteiger partial charge in [0.15, 0.2) is 0 Å². The molecule has 0 fully saturated rings. The molecule has 0 aliphatic rings. The van der Waals surface area contributed by atoms with E-state index in [1.807, 2.05) is 18.2 Å². The Kier molecular flexibility index (Phi) is 4.76. The number of hydrogen-bond acceptors (Lipinski definition) is 3. The van der Waals surface area contributed by atoms with Gasteiger partial charge in [-0.3, -0.25) is 4.79 Å². The van der Waals surface area contributed by atoms with Gasteiger partial charge in [-0.2, -0.15) is 0 Å². The van der Waals surface area contributed by atoms with Crippen molar-refractivity contribution in [3.63, 3.8) is 0 Å². The van der Waals surface area contributed by atoms with Crippen LogP contribution in [0.4, 0.5) is 0 Å². The fourth-order valence-electron chi connectivity index (χ4n) is 1.84. The Bertz CT molecular complexity index is 416. The minimum atomic E-state index is -0.205. The molecule has 3 nitrogen and oxygen atoms in total. The van der Waals surface area contributed by atoms with Gasteiger partial charge in [0.05, 0.1) is 20.1 Å². The maximum atomic E-state index is 11.4. The van der Waals surface area contributed by atoms with E-state index in [1.54, 1.807) is 14.0 Å². The van der Waals surface area contributed by atoms with Crippen LogP contribution in [0.5, 0.6) is 5.75 Å². The first-order valence-electron chi connectivity index (χ1n) is 6.21. The van der Waals surface area contributed by atoms with Crippen LogP contribution >= 0.6 is 0 Å². The van der Waals surface area contributed by atoms with Gasteiger partial charge in [-0.05, 0) is 29.5 Å². The molecule has 0 radical (unpaired) electrons. The molecule has 0 saturated heterocycles. The molecule has 3 heteroatoms. The molecule has 0 aromatic heterocycles. The topological polar surface area (TPSA) is 35.5 Å². The van der Waals surface area contributed by atoms with Gasteiger partial charge in [0.1, 0.15) is 5.75 Å². The van der Waals surface area contributed by atoms with Crippen LogP contribution in [0.1, 0.15) is 38.8 Å². The molecule has 0 N–H and O–H groups in total. The van der Waals surface area contributed by atoms with Gasteiger partial charge in [0, 0.05) is 0 Å². The molecule has 0 heterocycles. The van der Waals surface area contributed by atoms with Crippen molar-refractivity contribution in [3.05, 3.63) is 29.3 Å². The SMILES string of the molecule is CCOC(=O)Cc1ccc(C(C)(C)C)c(OC)c1. The summed E-state index contributed by atoms with van der Waals surface area (Å²) in [5.41, 5.74) is 2.07. The number of carbonyl (C=O) groups is 1. The van der Waals surface area contributed by atoms with Crippen molar-refractivity contribution >= 4 is 5.97 Å². The molecule has 1 rings (SSSR count). The Labute approximate surface area is 109 Å². The van der Waals surface area contributed by atoms with Crippen molar-refractivity contribution in [2.24, 2.45) is 0 Å². The van der Waals surface area contributed by atoms with Gasteiger partial charge in [-0.25, -0.2) is 0 Å². The summed E-state index contributed by atoms with van der Waals surface area (Å²) in [5.74, 6) is 0.618. The molecule has 0 atom stereocenters. The van der Waals surface area contributed by atoms with Gasteiger partial charge in [-0.15, -0.1) is 0 Å². The van der Waals surface area contributed by atoms with Crippen LogP contribution in [0.3, 0.4) is 0 Å². The van der Waals surface area contributed by atoms with E-state index in [1.165, 1.54) is 0 Å². The smallest absolute Gasteiger partial charge is 0.310 e. The Morgan fingerprint density at radius 1 is 1.28 bits per heavy atom. The molecule has 0 bridgehead atoms. The van der Waals surface area contributed by atoms with Crippen LogP contribution in [0, 0.1) is 0 Å². The Morgan fingerprint density at radius 3 is 2.44 bits per heavy atom. The second-order valence-corrected chi connectivity index (χ2v) is 5.27. The Balaban J connectivity index is 2.96. The Morgan fingerprint density at radius 2 is 1.94 bits per heavy atom. The summed E-state index contributed by atoms with van der Waals surface area (Å²) in [6, 6.07) is 5.89. The second-order valence-electron chi connectivity index (χ2n) is 5.27. The lowest BCUT2D eigenvalue weighted by Gasteiger charge is -2.22. The summed E-state index contributed by atoms with van der Waals surface area (Å²) in [6.07, 6.45) is 0.286.